The molecule has 14 heavy (non-hydrogen) atoms. The van der Waals surface area contributed by atoms with Crippen LogP contribution < -0.4 is 5.73 Å². The Balaban J connectivity index is 2.22. The lowest BCUT2D eigenvalue weighted by Crippen LogP contribution is -2.26. The first kappa shape index (κ1) is 11.7. The normalized spacial score (nSPS) is 13.5. The van der Waals surface area contributed by atoms with Crippen LogP contribution in [0.4, 0.5) is 0 Å². The number of aryl methyl sites for hydroxylation is 2. The molecule has 0 saturated carbocycles. The van der Waals surface area contributed by atoms with E-state index in [2.05, 4.69) is 32.9 Å². The summed E-state index contributed by atoms with van der Waals surface area (Å²) in [6.07, 6.45) is 3.56. The molecular formula is C12H21NS. The van der Waals surface area contributed by atoms with Gasteiger partial charge in [-0.25, -0.2) is 0 Å². The van der Waals surface area contributed by atoms with Gasteiger partial charge in [-0.3, -0.25) is 0 Å². The number of hydrogen-bond donors (Lipinski definition) is 1. The minimum absolute atomic E-state index is 0.371. The van der Waals surface area contributed by atoms with Crippen molar-refractivity contribution in [2.24, 2.45) is 11.7 Å². The van der Waals surface area contributed by atoms with Crippen molar-refractivity contribution < 1.29 is 0 Å². The van der Waals surface area contributed by atoms with E-state index < -0.39 is 0 Å². The van der Waals surface area contributed by atoms with Gasteiger partial charge in [0.1, 0.15) is 0 Å². The number of nitrogens with two attached hydrogens (primary N) is 1. The second-order valence-electron chi connectivity index (χ2n) is 4.31. The lowest BCUT2D eigenvalue weighted by atomic mass is 9.99. The van der Waals surface area contributed by atoms with Crippen molar-refractivity contribution in [3.05, 3.63) is 21.9 Å². The molecule has 0 aliphatic carbocycles. The van der Waals surface area contributed by atoms with Crippen LogP contribution in [0.1, 0.15) is 36.4 Å². The van der Waals surface area contributed by atoms with Crippen molar-refractivity contribution in [1.82, 2.24) is 0 Å². The van der Waals surface area contributed by atoms with E-state index in [1.54, 1.807) is 0 Å². The van der Waals surface area contributed by atoms with Gasteiger partial charge in [-0.2, -0.15) is 0 Å². The van der Waals surface area contributed by atoms with Gasteiger partial charge in [-0.1, -0.05) is 13.8 Å². The van der Waals surface area contributed by atoms with Gasteiger partial charge in [0.05, 0.1) is 0 Å². The van der Waals surface area contributed by atoms with Crippen LogP contribution in [-0.4, -0.2) is 6.04 Å². The summed E-state index contributed by atoms with van der Waals surface area (Å²) in [7, 11) is 0. The molecule has 0 spiro atoms. The molecule has 0 aliphatic heterocycles. The molecule has 80 valence electrons. The van der Waals surface area contributed by atoms with E-state index in [0.29, 0.717) is 12.0 Å². The van der Waals surface area contributed by atoms with Gasteiger partial charge in [0.25, 0.3) is 0 Å². The first-order valence-electron chi connectivity index (χ1n) is 5.40. The number of hydrogen-bond acceptors (Lipinski definition) is 2. The topological polar surface area (TPSA) is 26.0 Å². The summed E-state index contributed by atoms with van der Waals surface area (Å²) in [5.41, 5.74) is 5.99. The fourth-order valence-corrected chi connectivity index (χ4v) is 2.40. The Morgan fingerprint density at radius 2 is 2.07 bits per heavy atom. The summed E-state index contributed by atoms with van der Waals surface area (Å²) in [5, 5.41) is 0. The minimum atomic E-state index is 0.371. The van der Waals surface area contributed by atoms with Gasteiger partial charge in [0, 0.05) is 15.8 Å². The quantitative estimate of drug-likeness (QED) is 0.794. The van der Waals surface area contributed by atoms with Crippen LogP contribution >= 0.6 is 11.3 Å². The first-order chi connectivity index (χ1) is 6.59. The highest BCUT2D eigenvalue weighted by Crippen LogP contribution is 2.18. The molecule has 0 fully saturated rings. The molecule has 0 aromatic carbocycles. The monoisotopic (exact) mass is 211 g/mol. The van der Waals surface area contributed by atoms with Crippen molar-refractivity contribution in [2.75, 3.05) is 0 Å². The third-order valence-corrected chi connectivity index (χ3v) is 3.67. The maximum Gasteiger partial charge on any atom is 0.00620 e. The van der Waals surface area contributed by atoms with Gasteiger partial charge in [0.15, 0.2) is 0 Å². The molecule has 0 bridgehead atoms. The van der Waals surface area contributed by atoms with E-state index in [1.807, 2.05) is 11.3 Å². The molecule has 2 N–H and O–H groups in total. The van der Waals surface area contributed by atoms with Crippen molar-refractivity contribution in [3.8, 4) is 0 Å². The van der Waals surface area contributed by atoms with Crippen LogP contribution in [0.5, 0.6) is 0 Å². The fraction of sp³-hybridized carbons (Fsp3) is 0.667. The van der Waals surface area contributed by atoms with Gasteiger partial charge < -0.3 is 5.73 Å². The van der Waals surface area contributed by atoms with Crippen LogP contribution in [0.25, 0.3) is 0 Å². The second-order valence-corrected chi connectivity index (χ2v) is 5.68. The van der Waals surface area contributed by atoms with Gasteiger partial charge in [-0.15, -0.1) is 11.3 Å². The Hall–Kier alpha value is -0.340. The molecule has 2 heteroatoms. The van der Waals surface area contributed by atoms with Gasteiger partial charge in [0.2, 0.25) is 0 Å². The lowest BCUT2D eigenvalue weighted by Gasteiger charge is -2.14. The van der Waals surface area contributed by atoms with Crippen molar-refractivity contribution in [2.45, 2.75) is 46.1 Å². The minimum Gasteiger partial charge on any atom is -0.327 e. The molecule has 1 rings (SSSR count). The Morgan fingerprint density at radius 3 is 2.57 bits per heavy atom. The zero-order valence-corrected chi connectivity index (χ0v) is 10.2. The molecule has 1 aromatic rings. The van der Waals surface area contributed by atoms with E-state index in [4.69, 9.17) is 5.73 Å². The van der Waals surface area contributed by atoms with E-state index in [0.717, 1.165) is 6.42 Å². The predicted molar refractivity (Wildman–Crippen MR) is 64.8 cm³/mol. The first-order valence-corrected chi connectivity index (χ1v) is 6.22. The highest BCUT2D eigenvalue weighted by molar-refractivity contribution is 7.11. The van der Waals surface area contributed by atoms with Crippen LogP contribution in [0.15, 0.2) is 12.1 Å². The van der Waals surface area contributed by atoms with Crippen LogP contribution in [0, 0.1) is 12.8 Å². The molecule has 1 heterocycles. The highest BCUT2D eigenvalue weighted by atomic mass is 32.1. The number of thiophene rings is 1. The van der Waals surface area contributed by atoms with Crippen molar-refractivity contribution in [1.29, 1.82) is 0 Å². The van der Waals surface area contributed by atoms with E-state index in [1.165, 1.54) is 22.6 Å². The molecule has 0 saturated heterocycles. The van der Waals surface area contributed by atoms with Crippen LogP contribution in [-0.2, 0) is 6.42 Å². The molecule has 1 unspecified atom stereocenters. The average molecular weight is 211 g/mol. The standard InChI is InChI=1S/C12H21NS/c1-9(2)12(13)6-4-5-11-8-7-10(3)14-11/h7-9,12H,4-6,13H2,1-3H3. The molecule has 1 nitrogen and oxygen atoms in total. The molecule has 0 radical (unpaired) electrons. The molecule has 1 atom stereocenters. The average Bonchev–Trinajstić information content (AvgIpc) is 2.51. The Morgan fingerprint density at radius 1 is 1.36 bits per heavy atom. The van der Waals surface area contributed by atoms with Gasteiger partial charge >= 0.3 is 0 Å². The molecule has 0 amide bonds. The predicted octanol–water partition coefficient (Wildman–Crippen LogP) is 3.36. The van der Waals surface area contributed by atoms with Crippen molar-refractivity contribution >= 4 is 11.3 Å². The summed E-state index contributed by atoms with van der Waals surface area (Å²) in [6, 6.07) is 4.81. The summed E-state index contributed by atoms with van der Waals surface area (Å²) in [5.74, 6) is 0.611. The Kier molecular flexibility index (Phi) is 4.63. The Labute approximate surface area is 91.3 Å². The molecular weight excluding hydrogens is 190 g/mol. The maximum atomic E-state index is 5.99. The van der Waals surface area contributed by atoms with E-state index in [9.17, 15) is 0 Å². The van der Waals surface area contributed by atoms with Crippen molar-refractivity contribution in [3.63, 3.8) is 0 Å². The third-order valence-electron chi connectivity index (χ3n) is 2.61. The van der Waals surface area contributed by atoms with Gasteiger partial charge in [-0.05, 0) is 44.2 Å². The van der Waals surface area contributed by atoms with Crippen LogP contribution in [0.3, 0.4) is 0 Å². The smallest absolute Gasteiger partial charge is 0.00620 e. The molecule has 1 aromatic heterocycles. The zero-order valence-electron chi connectivity index (χ0n) is 9.42. The molecule has 0 aliphatic rings. The summed E-state index contributed by atoms with van der Waals surface area (Å²) in [4.78, 5) is 2.91. The maximum absolute atomic E-state index is 5.99. The number of rotatable bonds is 5. The Bertz CT molecular complexity index is 265. The third kappa shape index (κ3) is 3.81. The fourth-order valence-electron chi connectivity index (χ4n) is 1.46. The van der Waals surface area contributed by atoms with E-state index in [-0.39, 0.29) is 0 Å². The zero-order chi connectivity index (χ0) is 10.6. The van der Waals surface area contributed by atoms with Crippen LogP contribution in [0.2, 0.25) is 0 Å². The summed E-state index contributed by atoms with van der Waals surface area (Å²) < 4.78 is 0. The summed E-state index contributed by atoms with van der Waals surface area (Å²) >= 11 is 1.91. The SMILES string of the molecule is Cc1ccc(CCCC(N)C(C)C)s1. The lowest BCUT2D eigenvalue weighted by molar-refractivity contribution is 0.453. The summed E-state index contributed by atoms with van der Waals surface area (Å²) in [6.45, 7) is 6.55. The highest BCUT2D eigenvalue weighted by Gasteiger charge is 2.07. The van der Waals surface area contributed by atoms with E-state index >= 15 is 0 Å². The largest absolute Gasteiger partial charge is 0.327 e. The second kappa shape index (κ2) is 5.52.